The van der Waals surface area contributed by atoms with Gasteiger partial charge >= 0.3 is 5.69 Å². The van der Waals surface area contributed by atoms with Gasteiger partial charge in [-0.2, -0.15) is 4.98 Å². The minimum atomic E-state index is -2.37. The molecule has 1 aromatic carbocycles. The van der Waals surface area contributed by atoms with Crippen molar-refractivity contribution in [1.29, 1.82) is 0 Å². The van der Waals surface area contributed by atoms with Crippen molar-refractivity contribution in [3.8, 4) is 0 Å². The lowest BCUT2D eigenvalue weighted by atomic mass is 9.99. The van der Waals surface area contributed by atoms with Gasteiger partial charge in [-0.05, 0) is 30.5 Å². The van der Waals surface area contributed by atoms with Crippen molar-refractivity contribution >= 4 is 31.7 Å². The molecule has 34 heavy (non-hydrogen) atoms. The molecule has 186 valence electrons. The van der Waals surface area contributed by atoms with Crippen molar-refractivity contribution in [2.24, 2.45) is 0 Å². The van der Waals surface area contributed by atoms with Crippen LogP contribution >= 0.6 is 11.8 Å². The third kappa shape index (κ3) is 5.98. The fourth-order valence-corrected chi connectivity index (χ4v) is 5.14. The summed E-state index contributed by atoms with van der Waals surface area (Å²) in [4.78, 5) is 30.1. The minimum absolute atomic E-state index is 0.117. The molecule has 1 fully saturated rings. The predicted molar refractivity (Wildman–Crippen MR) is 138 cm³/mol. The van der Waals surface area contributed by atoms with E-state index in [0.29, 0.717) is 17.9 Å². The fourth-order valence-electron chi connectivity index (χ4n) is 3.60. The number of ketones is 1. The van der Waals surface area contributed by atoms with E-state index in [1.165, 1.54) is 16.3 Å². The second-order valence-electron chi connectivity index (χ2n) is 9.97. The summed E-state index contributed by atoms with van der Waals surface area (Å²) in [5.41, 5.74) is 5.70. The number of hydrogen-bond donors (Lipinski definition) is 1. The maximum absolute atomic E-state index is 13.8. The van der Waals surface area contributed by atoms with E-state index in [1.54, 1.807) is 24.4 Å². The van der Waals surface area contributed by atoms with Gasteiger partial charge in [0.2, 0.25) is 0 Å². The third-order valence-electron chi connectivity index (χ3n) is 6.52. The summed E-state index contributed by atoms with van der Waals surface area (Å²) >= 11 is 1.53. The van der Waals surface area contributed by atoms with Crippen LogP contribution in [-0.4, -0.2) is 54.2 Å². The van der Waals surface area contributed by atoms with Crippen LogP contribution < -0.4 is 11.4 Å². The summed E-state index contributed by atoms with van der Waals surface area (Å²) in [7, 11) is -2.37. The Kier molecular flexibility index (Phi) is 8.41. The quantitative estimate of drug-likeness (QED) is 0.309. The first-order valence-electron chi connectivity index (χ1n) is 11.3. The molecule has 0 amide bonds. The molecular weight excluding hydrogens is 470 g/mol. The standard InChI is InChI=1S/C24H35N3O5SSi/c1-24(2,3)34(5,6)32-22(20(28)16-10-8-7-9-11-16)21-17(30-15-33-4)14-19(31-21)27-13-12-18(25)26-23(27)29/h7-13,17,19,21-22H,14-15H2,1-6H3,(H2,25,26,29)/t17-,19+,21-,22?/m0/s1. The van der Waals surface area contributed by atoms with E-state index >= 15 is 0 Å². The number of nitrogen functional groups attached to an aromatic ring is 1. The van der Waals surface area contributed by atoms with Crippen molar-refractivity contribution in [3.63, 3.8) is 0 Å². The van der Waals surface area contributed by atoms with Crippen molar-refractivity contribution in [1.82, 2.24) is 9.55 Å². The van der Waals surface area contributed by atoms with Gasteiger partial charge in [-0.25, -0.2) is 4.79 Å². The molecular formula is C24H35N3O5SSi. The first-order chi connectivity index (χ1) is 15.9. The predicted octanol–water partition coefficient (Wildman–Crippen LogP) is 4.09. The number of carbonyl (C=O) groups excluding carboxylic acids is 1. The van der Waals surface area contributed by atoms with Crippen LogP contribution in [0.5, 0.6) is 0 Å². The molecule has 0 bridgehead atoms. The summed E-state index contributed by atoms with van der Waals surface area (Å²) in [6.07, 6.45) is 1.23. The lowest BCUT2D eigenvalue weighted by Gasteiger charge is -2.40. The van der Waals surface area contributed by atoms with Gasteiger partial charge in [-0.1, -0.05) is 51.1 Å². The average Bonchev–Trinajstić information content (AvgIpc) is 3.19. The monoisotopic (exact) mass is 505 g/mol. The highest BCUT2D eigenvalue weighted by Gasteiger charge is 2.49. The van der Waals surface area contributed by atoms with E-state index in [9.17, 15) is 9.59 Å². The van der Waals surface area contributed by atoms with Gasteiger partial charge in [0.25, 0.3) is 0 Å². The van der Waals surface area contributed by atoms with Crippen LogP contribution in [0.4, 0.5) is 5.82 Å². The summed E-state index contributed by atoms with van der Waals surface area (Å²) in [6.45, 7) is 10.6. The molecule has 2 heterocycles. The minimum Gasteiger partial charge on any atom is -0.404 e. The summed E-state index contributed by atoms with van der Waals surface area (Å²) in [5, 5.41) is -0.117. The summed E-state index contributed by atoms with van der Waals surface area (Å²) in [6, 6.07) is 10.6. The first-order valence-corrected chi connectivity index (χ1v) is 15.6. The number of rotatable bonds is 9. The van der Waals surface area contributed by atoms with Crippen molar-refractivity contribution in [2.75, 3.05) is 17.9 Å². The van der Waals surface area contributed by atoms with E-state index in [0.717, 1.165) is 0 Å². The molecule has 2 N–H and O–H groups in total. The molecule has 1 saturated heterocycles. The molecule has 1 aliphatic rings. The number of nitrogens with two attached hydrogens (primary N) is 1. The molecule has 8 nitrogen and oxygen atoms in total. The second kappa shape index (κ2) is 10.7. The van der Waals surface area contributed by atoms with Gasteiger partial charge in [0.15, 0.2) is 14.1 Å². The number of ether oxygens (including phenoxy) is 2. The van der Waals surface area contributed by atoms with E-state index < -0.39 is 38.5 Å². The Labute approximate surface area is 206 Å². The molecule has 0 aliphatic carbocycles. The third-order valence-corrected chi connectivity index (χ3v) is 11.3. The van der Waals surface area contributed by atoms with Crippen LogP contribution in [0.25, 0.3) is 0 Å². The normalized spacial score (nSPS) is 22.0. The lowest BCUT2D eigenvalue weighted by molar-refractivity contribution is -0.0758. The summed E-state index contributed by atoms with van der Waals surface area (Å²) in [5.74, 6) is 0.416. The highest BCUT2D eigenvalue weighted by molar-refractivity contribution is 7.98. The highest BCUT2D eigenvalue weighted by Crippen LogP contribution is 2.41. The molecule has 0 saturated carbocycles. The Balaban J connectivity index is 2.01. The van der Waals surface area contributed by atoms with E-state index in [2.05, 4.69) is 38.8 Å². The van der Waals surface area contributed by atoms with Gasteiger partial charge in [-0.15, -0.1) is 11.8 Å². The van der Waals surface area contributed by atoms with Crippen LogP contribution in [0.15, 0.2) is 47.4 Å². The molecule has 3 rings (SSSR count). The van der Waals surface area contributed by atoms with Gasteiger partial charge in [0.1, 0.15) is 24.3 Å². The van der Waals surface area contributed by atoms with Crippen LogP contribution in [0.1, 0.15) is 43.8 Å². The molecule has 0 spiro atoms. The zero-order valence-corrected chi connectivity index (χ0v) is 22.5. The summed E-state index contributed by atoms with van der Waals surface area (Å²) < 4.78 is 20.6. The van der Waals surface area contributed by atoms with Gasteiger partial charge in [0.05, 0.1) is 12.0 Å². The number of benzene rings is 1. The molecule has 4 atom stereocenters. The Morgan fingerprint density at radius 2 is 1.97 bits per heavy atom. The second-order valence-corrected chi connectivity index (χ2v) is 15.5. The number of hydrogen-bond acceptors (Lipinski definition) is 8. The number of Topliss-reactive ketones (excluding diaryl/α,β-unsaturated/α-hetero) is 1. The van der Waals surface area contributed by atoms with Gasteiger partial charge in [0, 0.05) is 18.2 Å². The van der Waals surface area contributed by atoms with Crippen molar-refractivity contribution in [2.45, 2.75) is 69.9 Å². The van der Waals surface area contributed by atoms with E-state index in [-0.39, 0.29) is 16.6 Å². The average molecular weight is 506 g/mol. The lowest BCUT2D eigenvalue weighted by Crippen LogP contribution is -2.52. The Bertz CT molecular complexity index is 1040. The van der Waals surface area contributed by atoms with Crippen molar-refractivity contribution in [3.05, 3.63) is 58.6 Å². The molecule has 1 aliphatic heterocycles. The largest absolute Gasteiger partial charge is 0.404 e. The van der Waals surface area contributed by atoms with Gasteiger partial charge < -0.3 is 19.6 Å². The SMILES string of the molecule is CSCO[C@H]1C[C@H](n2ccc(N)nc2=O)O[C@@H]1C(O[Si](C)(C)C(C)(C)C)C(=O)c1ccccc1. The van der Waals surface area contributed by atoms with Crippen LogP contribution in [0.3, 0.4) is 0 Å². The number of carbonyl (C=O) groups is 1. The number of anilines is 1. The fraction of sp³-hybridized carbons (Fsp3) is 0.542. The smallest absolute Gasteiger partial charge is 0.351 e. The highest BCUT2D eigenvalue weighted by atomic mass is 32.2. The Morgan fingerprint density at radius 1 is 1.29 bits per heavy atom. The zero-order chi connectivity index (χ0) is 25.1. The molecule has 1 unspecified atom stereocenters. The number of aromatic nitrogens is 2. The molecule has 1 aromatic heterocycles. The van der Waals surface area contributed by atoms with Crippen molar-refractivity contribution < 1.29 is 18.7 Å². The molecule has 2 aromatic rings. The Hall–Kier alpha value is -1.98. The topological polar surface area (TPSA) is 106 Å². The van der Waals surface area contributed by atoms with Crippen LogP contribution in [0.2, 0.25) is 18.1 Å². The molecule has 10 heteroatoms. The van der Waals surface area contributed by atoms with Crippen LogP contribution in [-0.2, 0) is 13.9 Å². The number of nitrogens with zero attached hydrogens (tertiary/aromatic N) is 2. The van der Waals surface area contributed by atoms with E-state index in [4.69, 9.17) is 19.6 Å². The van der Waals surface area contributed by atoms with Gasteiger partial charge in [-0.3, -0.25) is 9.36 Å². The maximum atomic E-state index is 13.8. The number of thioether (sulfide) groups is 1. The first kappa shape index (κ1) is 26.6. The maximum Gasteiger partial charge on any atom is 0.351 e. The van der Waals surface area contributed by atoms with E-state index in [1.807, 2.05) is 24.5 Å². The Morgan fingerprint density at radius 3 is 2.56 bits per heavy atom. The van der Waals surface area contributed by atoms with Crippen LogP contribution in [0, 0.1) is 0 Å². The molecule has 0 radical (unpaired) electrons. The zero-order valence-electron chi connectivity index (χ0n) is 20.7.